The second kappa shape index (κ2) is 7.74. The molecule has 0 saturated carbocycles. The second-order valence-electron chi connectivity index (χ2n) is 4.75. The number of nitrogens with zero attached hydrogens (tertiary/aromatic N) is 1. The molecule has 0 aromatic heterocycles. The number of nitrogens with one attached hydrogen (secondary N) is 1. The zero-order valence-electron chi connectivity index (χ0n) is 12.6. The van der Waals surface area contributed by atoms with E-state index >= 15 is 0 Å². The van der Waals surface area contributed by atoms with Crippen molar-refractivity contribution in [2.45, 2.75) is 6.92 Å². The number of carbonyl (C=O) groups is 2. The minimum absolute atomic E-state index is 0.00496. The van der Waals surface area contributed by atoms with Crippen LogP contribution in [-0.2, 0) is 4.79 Å². The fourth-order valence-corrected chi connectivity index (χ4v) is 2.41. The first-order valence-corrected chi connectivity index (χ1v) is 7.50. The number of halogens is 2. The van der Waals surface area contributed by atoms with Gasteiger partial charge in [0.2, 0.25) is 5.91 Å². The summed E-state index contributed by atoms with van der Waals surface area (Å²) in [5.74, 6) is -1.73. The molecular weight excluding hydrogens is 319 g/mol. The van der Waals surface area contributed by atoms with Crippen molar-refractivity contribution >= 4 is 29.1 Å². The Hall–Kier alpha value is -2.40. The molecule has 0 radical (unpaired) electrons. The molecule has 0 atom stereocenters. The van der Waals surface area contributed by atoms with Crippen LogP contribution in [0.2, 0.25) is 5.02 Å². The van der Waals surface area contributed by atoms with Crippen molar-refractivity contribution < 1.29 is 14.0 Å². The summed E-state index contributed by atoms with van der Waals surface area (Å²) in [4.78, 5) is 25.8. The van der Waals surface area contributed by atoms with E-state index in [4.69, 9.17) is 11.6 Å². The van der Waals surface area contributed by atoms with E-state index in [1.165, 1.54) is 17.0 Å². The molecule has 23 heavy (non-hydrogen) atoms. The van der Waals surface area contributed by atoms with E-state index < -0.39 is 11.7 Å². The van der Waals surface area contributed by atoms with Crippen LogP contribution in [0.1, 0.15) is 17.3 Å². The van der Waals surface area contributed by atoms with Crippen LogP contribution in [0.4, 0.5) is 10.1 Å². The predicted molar refractivity (Wildman–Crippen MR) is 88.2 cm³/mol. The number of anilines is 1. The molecule has 120 valence electrons. The average Bonchev–Trinajstić information content (AvgIpc) is 2.54. The third kappa shape index (κ3) is 4.07. The van der Waals surface area contributed by atoms with E-state index in [9.17, 15) is 14.0 Å². The maximum Gasteiger partial charge on any atom is 0.256 e. The molecule has 4 nitrogen and oxygen atoms in total. The van der Waals surface area contributed by atoms with Gasteiger partial charge in [-0.15, -0.1) is 0 Å². The highest BCUT2D eigenvalue weighted by molar-refractivity contribution is 6.33. The largest absolute Gasteiger partial charge is 0.343 e. The Balaban J connectivity index is 2.05. The van der Waals surface area contributed by atoms with Gasteiger partial charge in [0.15, 0.2) is 0 Å². The lowest BCUT2D eigenvalue weighted by molar-refractivity contribution is -0.117. The van der Waals surface area contributed by atoms with Gasteiger partial charge in [0.05, 0.1) is 17.1 Å². The van der Waals surface area contributed by atoms with Crippen LogP contribution < -0.4 is 10.2 Å². The van der Waals surface area contributed by atoms with E-state index in [0.717, 1.165) is 11.8 Å². The standard InChI is InChI=1S/C17H16ClFN2O2/c1-2-21(12-7-4-3-5-8-12)15(22)11-20-17(23)16-13(18)9-6-10-14(16)19/h3-10H,2,11H2,1H3,(H,20,23). The molecule has 0 fully saturated rings. The first kappa shape index (κ1) is 17.0. The minimum Gasteiger partial charge on any atom is -0.343 e. The normalized spacial score (nSPS) is 10.2. The van der Waals surface area contributed by atoms with Crippen LogP contribution in [-0.4, -0.2) is 24.9 Å². The lowest BCUT2D eigenvalue weighted by atomic mass is 10.2. The Bertz CT molecular complexity index is 687. The summed E-state index contributed by atoms with van der Waals surface area (Å²) in [6.45, 7) is 2.05. The second-order valence-corrected chi connectivity index (χ2v) is 5.16. The van der Waals surface area contributed by atoms with Crippen LogP contribution >= 0.6 is 11.6 Å². The van der Waals surface area contributed by atoms with E-state index in [2.05, 4.69) is 5.32 Å². The van der Waals surface area contributed by atoms with Gasteiger partial charge >= 0.3 is 0 Å². The van der Waals surface area contributed by atoms with Crippen molar-refractivity contribution in [3.8, 4) is 0 Å². The maximum atomic E-state index is 13.7. The Labute approximate surface area is 138 Å². The number of carbonyl (C=O) groups excluding carboxylic acids is 2. The summed E-state index contributed by atoms with van der Waals surface area (Å²) in [6.07, 6.45) is 0. The molecule has 0 aliphatic carbocycles. The molecule has 0 spiro atoms. The molecule has 0 aliphatic rings. The van der Waals surface area contributed by atoms with Gasteiger partial charge in [-0.2, -0.15) is 0 Å². The van der Waals surface area contributed by atoms with Crippen molar-refractivity contribution in [2.75, 3.05) is 18.0 Å². The number of benzene rings is 2. The molecule has 6 heteroatoms. The smallest absolute Gasteiger partial charge is 0.256 e. The maximum absolute atomic E-state index is 13.7. The van der Waals surface area contributed by atoms with Crippen molar-refractivity contribution in [3.05, 3.63) is 64.9 Å². The summed E-state index contributed by atoms with van der Waals surface area (Å²) in [6, 6.07) is 13.1. The van der Waals surface area contributed by atoms with E-state index in [0.29, 0.717) is 6.54 Å². The highest BCUT2D eigenvalue weighted by Gasteiger charge is 2.18. The number of likely N-dealkylation sites (N-methyl/N-ethyl adjacent to an activating group) is 1. The van der Waals surface area contributed by atoms with Gasteiger partial charge in [0, 0.05) is 12.2 Å². The Morgan fingerprint density at radius 1 is 1.13 bits per heavy atom. The zero-order valence-corrected chi connectivity index (χ0v) is 13.3. The Kier molecular flexibility index (Phi) is 5.71. The van der Waals surface area contributed by atoms with Crippen LogP contribution in [0.15, 0.2) is 48.5 Å². The van der Waals surface area contributed by atoms with Crippen molar-refractivity contribution in [1.82, 2.24) is 5.32 Å². The van der Waals surface area contributed by atoms with Crippen LogP contribution in [0.25, 0.3) is 0 Å². The average molecular weight is 335 g/mol. The summed E-state index contributed by atoms with van der Waals surface area (Å²) in [5.41, 5.74) is 0.475. The minimum atomic E-state index is -0.724. The molecule has 1 N–H and O–H groups in total. The topological polar surface area (TPSA) is 49.4 Å². The fraction of sp³-hybridized carbons (Fsp3) is 0.176. The molecular formula is C17H16ClFN2O2. The highest BCUT2D eigenvalue weighted by Crippen LogP contribution is 2.18. The van der Waals surface area contributed by atoms with Gasteiger partial charge in [-0.25, -0.2) is 4.39 Å². The number of hydrogen-bond donors (Lipinski definition) is 1. The van der Waals surface area contributed by atoms with Crippen LogP contribution in [0, 0.1) is 5.82 Å². The molecule has 0 heterocycles. The Morgan fingerprint density at radius 3 is 2.43 bits per heavy atom. The third-order valence-electron chi connectivity index (χ3n) is 3.28. The monoisotopic (exact) mass is 334 g/mol. The van der Waals surface area contributed by atoms with Gasteiger partial charge in [-0.3, -0.25) is 9.59 Å². The molecule has 2 aromatic carbocycles. The van der Waals surface area contributed by atoms with E-state index in [1.807, 2.05) is 25.1 Å². The van der Waals surface area contributed by atoms with Gasteiger partial charge < -0.3 is 10.2 Å². The molecule has 2 amide bonds. The number of para-hydroxylation sites is 1. The summed E-state index contributed by atoms with van der Waals surface area (Å²) in [7, 11) is 0. The molecule has 2 aromatic rings. The molecule has 0 unspecified atom stereocenters. The van der Waals surface area contributed by atoms with E-state index in [1.54, 1.807) is 12.1 Å². The highest BCUT2D eigenvalue weighted by atomic mass is 35.5. The first-order chi connectivity index (χ1) is 11.0. The molecule has 0 bridgehead atoms. The van der Waals surface area contributed by atoms with E-state index in [-0.39, 0.29) is 23.0 Å². The summed E-state index contributed by atoms with van der Waals surface area (Å²) in [5, 5.41) is 2.42. The fourth-order valence-electron chi connectivity index (χ4n) is 2.17. The number of hydrogen-bond acceptors (Lipinski definition) is 2. The summed E-state index contributed by atoms with van der Waals surface area (Å²) >= 11 is 5.83. The van der Waals surface area contributed by atoms with Crippen molar-refractivity contribution in [1.29, 1.82) is 0 Å². The molecule has 2 rings (SSSR count). The van der Waals surface area contributed by atoms with Gasteiger partial charge in [-0.1, -0.05) is 35.9 Å². The van der Waals surface area contributed by atoms with Crippen molar-refractivity contribution in [3.63, 3.8) is 0 Å². The van der Waals surface area contributed by atoms with Crippen molar-refractivity contribution in [2.24, 2.45) is 0 Å². The molecule has 0 saturated heterocycles. The molecule has 0 aliphatic heterocycles. The van der Waals surface area contributed by atoms with Gasteiger partial charge in [0.25, 0.3) is 5.91 Å². The SMILES string of the molecule is CCN(C(=O)CNC(=O)c1c(F)cccc1Cl)c1ccccc1. The van der Waals surface area contributed by atoms with Gasteiger partial charge in [-0.05, 0) is 31.2 Å². The predicted octanol–water partition coefficient (Wildman–Crippen LogP) is 3.26. The third-order valence-corrected chi connectivity index (χ3v) is 3.59. The van der Waals surface area contributed by atoms with Crippen LogP contribution in [0.5, 0.6) is 0 Å². The number of amides is 2. The zero-order chi connectivity index (χ0) is 16.8. The quantitative estimate of drug-likeness (QED) is 0.912. The lowest BCUT2D eigenvalue weighted by Crippen LogP contribution is -2.40. The summed E-state index contributed by atoms with van der Waals surface area (Å²) < 4.78 is 13.7. The van der Waals surface area contributed by atoms with Gasteiger partial charge in [0.1, 0.15) is 5.82 Å². The van der Waals surface area contributed by atoms with Crippen LogP contribution in [0.3, 0.4) is 0 Å². The number of rotatable bonds is 5. The lowest BCUT2D eigenvalue weighted by Gasteiger charge is -2.21. The Morgan fingerprint density at radius 2 is 1.83 bits per heavy atom. The first-order valence-electron chi connectivity index (χ1n) is 7.12.